The predicted octanol–water partition coefficient (Wildman–Crippen LogP) is 2.01. The van der Waals surface area contributed by atoms with Crippen LogP contribution in [-0.4, -0.2) is 17.7 Å². The van der Waals surface area contributed by atoms with Gasteiger partial charge in [-0.2, -0.15) is 0 Å². The monoisotopic (exact) mass is 277 g/mol. The zero-order valence-corrected chi connectivity index (χ0v) is 10.9. The van der Waals surface area contributed by atoms with Crippen LogP contribution < -0.4 is 20.5 Å². The van der Waals surface area contributed by atoms with Crippen LogP contribution in [0.25, 0.3) is 0 Å². The zero-order valence-electron chi connectivity index (χ0n) is 10.1. The van der Waals surface area contributed by atoms with Crippen LogP contribution in [0.5, 0.6) is 11.5 Å². The van der Waals surface area contributed by atoms with E-state index < -0.39 is 0 Å². The lowest BCUT2D eigenvalue weighted by atomic mass is 10.2. The number of nitrogens with two attached hydrogens (primary N) is 1. The second-order valence-electron chi connectivity index (χ2n) is 4.01. The Morgan fingerprint density at radius 1 is 1.42 bits per heavy atom. The molecule has 3 rings (SSSR count). The molecule has 7 heteroatoms. The molecule has 2 aromatic rings. The molecule has 2 heterocycles. The Balaban J connectivity index is 1.88. The number of aromatic nitrogens is 1. The van der Waals surface area contributed by atoms with E-state index in [9.17, 15) is 4.79 Å². The fraction of sp³-hybridized carbons (Fsp3) is 0.167. The average Bonchev–Trinajstić information content (AvgIpc) is 2.98. The summed E-state index contributed by atoms with van der Waals surface area (Å²) in [6, 6.07) is 3.30. The summed E-state index contributed by atoms with van der Waals surface area (Å²) >= 11 is 1.29. The quantitative estimate of drug-likeness (QED) is 0.820. The molecule has 1 amide bonds. The first-order chi connectivity index (χ1) is 9.15. The average molecular weight is 277 g/mol. The van der Waals surface area contributed by atoms with Crippen molar-refractivity contribution in [3.8, 4) is 11.5 Å². The number of fused-ring (bicyclic) bond motifs is 1. The number of hydrogen-bond donors (Lipinski definition) is 2. The summed E-state index contributed by atoms with van der Waals surface area (Å²) in [4.78, 5) is 16.7. The van der Waals surface area contributed by atoms with Crippen LogP contribution in [0.2, 0.25) is 0 Å². The first-order valence-electron chi connectivity index (χ1n) is 5.55. The van der Waals surface area contributed by atoms with Gasteiger partial charge in [0.15, 0.2) is 11.5 Å². The summed E-state index contributed by atoms with van der Waals surface area (Å²) in [6.45, 7) is 1.95. The van der Waals surface area contributed by atoms with E-state index in [-0.39, 0.29) is 12.7 Å². The van der Waals surface area contributed by atoms with Crippen molar-refractivity contribution in [3.05, 3.63) is 28.2 Å². The minimum Gasteiger partial charge on any atom is -0.454 e. The highest BCUT2D eigenvalue weighted by Crippen LogP contribution is 2.38. The van der Waals surface area contributed by atoms with Gasteiger partial charge in [-0.1, -0.05) is 0 Å². The van der Waals surface area contributed by atoms with E-state index in [2.05, 4.69) is 10.3 Å². The number of benzene rings is 1. The molecular formula is C12H11N3O3S. The number of nitrogens with zero attached hydrogens (tertiary/aromatic N) is 1. The molecule has 19 heavy (non-hydrogen) atoms. The van der Waals surface area contributed by atoms with E-state index in [0.29, 0.717) is 33.4 Å². The number of carbonyl (C=O) groups is 1. The summed E-state index contributed by atoms with van der Waals surface area (Å²) < 4.78 is 10.5. The third kappa shape index (κ3) is 2.08. The van der Waals surface area contributed by atoms with Crippen molar-refractivity contribution in [2.24, 2.45) is 0 Å². The lowest BCUT2D eigenvalue weighted by molar-refractivity contribution is 0.103. The van der Waals surface area contributed by atoms with Crippen molar-refractivity contribution in [3.63, 3.8) is 0 Å². The van der Waals surface area contributed by atoms with Gasteiger partial charge in [-0.25, -0.2) is 4.98 Å². The Labute approximate surface area is 113 Å². The smallest absolute Gasteiger partial charge is 0.267 e. The van der Waals surface area contributed by atoms with Crippen LogP contribution >= 0.6 is 11.3 Å². The number of nitrogen functional groups attached to an aromatic ring is 1. The Kier molecular flexibility index (Phi) is 2.75. The summed E-state index contributed by atoms with van der Waals surface area (Å²) in [5.41, 5.74) is 9.13. The van der Waals surface area contributed by atoms with Gasteiger partial charge in [0.25, 0.3) is 5.91 Å². The standard InChI is InChI=1S/C12H11N3O3S/c1-6-11(19-4-14-6)12(16)15-8-3-10-9(2-7(8)13)17-5-18-10/h2-4H,5,13H2,1H3,(H,15,16). The van der Waals surface area contributed by atoms with Crippen LogP contribution in [0, 0.1) is 6.92 Å². The van der Waals surface area contributed by atoms with Crippen molar-refractivity contribution in [2.75, 3.05) is 17.8 Å². The highest BCUT2D eigenvalue weighted by atomic mass is 32.1. The molecule has 1 aliphatic heterocycles. The number of carbonyl (C=O) groups excluding carboxylic acids is 1. The van der Waals surface area contributed by atoms with Crippen LogP contribution in [-0.2, 0) is 0 Å². The van der Waals surface area contributed by atoms with Gasteiger partial charge in [0, 0.05) is 12.1 Å². The van der Waals surface area contributed by atoms with Gasteiger partial charge in [-0.3, -0.25) is 4.79 Å². The van der Waals surface area contributed by atoms with Gasteiger partial charge >= 0.3 is 0 Å². The number of thiazole rings is 1. The van der Waals surface area contributed by atoms with Crippen molar-refractivity contribution < 1.29 is 14.3 Å². The molecule has 0 spiro atoms. The largest absolute Gasteiger partial charge is 0.454 e. The number of rotatable bonds is 2. The number of aryl methyl sites for hydroxylation is 1. The van der Waals surface area contributed by atoms with Gasteiger partial charge in [-0.05, 0) is 6.92 Å². The molecule has 0 saturated heterocycles. The molecule has 1 aliphatic rings. The number of ether oxygens (including phenoxy) is 2. The summed E-state index contributed by atoms with van der Waals surface area (Å²) in [7, 11) is 0. The lowest BCUT2D eigenvalue weighted by Crippen LogP contribution is -2.12. The van der Waals surface area contributed by atoms with Gasteiger partial charge in [0.1, 0.15) is 4.88 Å². The van der Waals surface area contributed by atoms with Crippen LogP contribution in [0.15, 0.2) is 17.6 Å². The number of nitrogens with one attached hydrogen (secondary N) is 1. The summed E-state index contributed by atoms with van der Waals surface area (Å²) in [5, 5.41) is 2.75. The maximum absolute atomic E-state index is 12.1. The predicted molar refractivity (Wildman–Crippen MR) is 71.8 cm³/mol. The van der Waals surface area contributed by atoms with Crippen molar-refractivity contribution >= 4 is 28.6 Å². The first kappa shape index (κ1) is 11.8. The van der Waals surface area contributed by atoms with E-state index in [1.165, 1.54) is 11.3 Å². The Bertz CT molecular complexity index is 654. The Morgan fingerprint density at radius 2 is 2.16 bits per heavy atom. The van der Waals surface area contributed by atoms with Crippen molar-refractivity contribution in [1.29, 1.82) is 0 Å². The molecule has 1 aromatic heterocycles. The second-order valence-corrected chi connectivity index (χ2v) is 4.87. The lowest BCUT2D eigenvalue weighted by Gasteiger charge is -2.08. The molecule has 0 saturated carbocycles. The topological polar surface area (TPSA) is 86.5 Å². The number of amides is 1. The fourth-order valence-electron chi connectivity index (χ4n) is 1.76. The van der Waals surface area contributed by atoms with Crippen LogP contribution in [0.3, 0.4) is 0 Å². The van der Waals surface area contributed by atoms with Crippen molar-refractivity contribution in [2.45, 2.75) is 6.92 Å². The van der Waals surface area contributed by atoms with Gasteiger partial charge in [-0.15, -0.1) is 11.3 Å². The first-order valence-corrected chi connectivity index (χ1v) is 6.43. The third-order valence-corrected chi connectivity index (χ3v) is 3.67. The highest BCUT2D eigenvalue weighted by Gasteiger charge is 2.18. The van der Waals surface area contributed by atoms with E-state index in [1.54, 1.807) is 24.6 Å². The molecule has 0 aliphatic carbocycles. The molecule has 0 fully saturated rings. The van der Waals surface area contributed by atoms with Gasteiger partial charge in [0.05, 0.1) is 22.6 Å². The van der Waals surface area contributed by atoms with Crippen molar-refractivity contribution in [1.82, 2.24) is 4.98 Å². The zero-order chi connectivity index (χ0) is 13.4. The van der Waals surface area contributed by atoms with E-state index in [1.807, 2.05) is 0 Å². The van der Waals surface area contributed by atoms with Gasteiger partial charge < -0.3 is 20.5 Å². The molecule has 1 aromatic carbocycles. The minimum atomic E-state index is -0.231. The maximum Gasteiger partial charge on any atom is 0.267 e. The van der Waals surface area contributed by atoms with Gasteiger partial charge in [0.2, 0.25) is 6.79 Å². The Morgan fingerprint density at radius 3 is 2.84 bits per heavy atom. The fourth-order valence-corrected chi connectivity index (χ4v) is 2.46. The highest BCUT2D eigenvalue weighted by molar-refractivity contribution is 7.12. The van der Waals surface area contributed by atoms with E-state index >= 15 is 0 Å². The minimum absolute atomic E-state index is 0.167. The molecule has 0 unspecified atom stereocenters. The molecule has 0 radical (unpaired) electrons. The molecule has 0 atom stereocenters. The molecule has 6 nitrogen and oxygen atoms in total. The molecule has 3 N–H and O–H groups in total. The molecular weight excluding hydrogens is 266 g/mol. The molecule has 98 valence electrons. The summed E-state index contributed by atoms with van der Waals surface area (Å²) in [5.74, 6) is 0.931. The van der Waals surface area contributed by atoms with E-state index in [0.717, 1.165) is 0 Å². The second kappa shape index (κ2) is 4.43. The van der Waals surface area contributed by atoms with E-state index in [4.69, 9.17) is 15.2 Å². The number of hydrogen-bond acceptors (Lipinski definition) is 6. The molecule has 0 bridgehead atoms. The maximum atomic E-state index is 12.1. The summed E-state index contributed by atoms with van der Waals surface area (Å²) in [6.07, 6.45) is 0. The Hall–Kier alpha value is -2.28. The third-order valence-electron chi connectivity index (χ3n) is 2.74. The SMILES string of the molecule is Cc1ncsc1C(=O)Nc1cc2c(cc1N)OCO2. The normalized spacial score (nSPS) is 12.5. The van der Waals surface area contributed by atoms with Crippen LogP contribution in [0.1, 0.15) is 15.4 Å². The van der Waals surface area contributed by atoms with Crippen LogP contribution in [0.4, 0.5) is 11.4 Å². The number of anilines is 2.